The summed E-state index contributed by atoms with van der Waals surface area (Å²) in [6.07, 6.45) is 6.04. The zero-order valence-electron chi connectivity index (χ0n) is 12.5. The number of rotatable bonds is 3. The first-order valence-corrected chi connectivity index (χ1v) is 7.45. The van der Waals surface area contributed by atoms with Crippen LogP contribution in [0.4, 0.5) is 4.39 Å². The van der Waals surface area contributed by atoms with Gasteiger partial charge in [-0.05, 0) is 60.5 Å². The predicted molar refractivity (Wildman–Crippen MR) is 86.1 cm³/mol. The summed E-state index contributed by atoms with van der Waals surface area (Å²) in [5.41, 5.74) is 0.350. The van der Waals surface area contributed by atoms with E-state index in [2.05, 4.69) is 21.0 Å². The lowest BCUT2D eigenvalue weighted by atomic mass is 10.1. The molecule has 4 nitrogen and oxygen atoms in total. The third-order valence-electron chi connectivity index (χ3n) is 2.59. The van der Waals surface area contributed by atoms with Gasteiger partial charge < -0.3 is 4.74 Å². The molecule has 0 spiro atoms. The van der Waals surface area contributed by atoms with Crippen LogP contribution in [0.3, 0.4) is 0 Å². The quantitative estimate of drug-likeness (QED) is 0.605. The maximum Gasteiger partial charge on any atom is 0.331 e. The summed E-state index contributed by atoms with van der Waals surface area (Å²) in [5, 5.41) is 4.03. The highest BCUT2D eigenvalue weighted by atomic mass is 79.9. The second-order valence-electron chi connectivity index (χ2n) is 5.68. The van der Waals surface area contributed by atoms with Gasteiger partial charge in [0, 0.05) is 12.3 Å². The van der Waals surface area contributed by atoms with E-state index < -0.39 is 17.4 Å². The van der Waals surface area contributed by atoms with Gasteiger partial charge in [-0.3, -0.25) is 0 Å². The fourth-order valence-corrected chi connectivity index (χ4v) is 2.03. The third-order valence-corrected chi connectivity index (χ3v) is 3.00. The summed E-state index contributed by atoms with van der Waals surface area (Å²) in [6, 6.07) is 4.64. The van der Waals surface area contributed by atoms with Crippen molar-refractivity contribution in [3.63, 3.8) is 0 Å². The SMILES string of the molecule is CC(C)(C)OC(=O)/C=C/c1ccc(-n2cc(Br)cn2)c(F)c1. The van der Waals surface area contributed by atoms with E-state index in [1.54, 1.807) is 45.3 Å². The summed E-state index contributed by atoms with van der Waals surface area (Å²) >= 11 is 3.26. The fraction of sp³-hybridized carbons (Fsp3) is 0.250. The van der Waals surface area contributed by atoms with Gasteiger partial charge in [-0.2, -0.15) is 5.10 Å². The van der Waals surface area contributed by atoms with Crippen LogP contribution in [-0.2, 0) is 9.53 Å². The molecule has 0 aliphatic rings. The molecular formula is C16H16BrFN2O2. The molecular weight excluding hydrogens is 351 g/mol. The van der Waals surface area contributed by atoms with Gasteiger partial charge in [0.1, 0.15) is 17.1 Å². The van der Waals surface area contributed by atoms with Crippen LogP contribution in [0.15, 0.2) is 41.1 Å². The molecule has 0 bridgehead atoms. The molecule has 116 valence electrons. The van der Waals surface area contributed by atoms with Crippen molar-refractivity contribution in [3.05, 3.63) is 52.5 Å². The molecule has 1 aromatic heterocycles. The monoisotopic (exact) mass is 366 g/mol. The molecule has 1 heterocycles. The van der Waals surface area contributed by atoms with Gasteiger partial charge in [0.2, 0.25) is 0 Å². The Hall–Kier alpha value is -1.95. The number of nitrogens with zero attached hydrogens (tertiary/aromatic N) is 2. The Kier molecular flexibility index (Phi) is 4.81. The maximum absolute atomic E-state index is 14.1. The Morgan fingerprint density at radius 2 is 2.14 bits per heavy atom. The second kappa shape index (κ2) is 6.44. The van der Waals surface area contributed by atoms with E-state index >= 15 is 0 Å². The number of ether oxygens (including phenoxy) is 1. The largest absolute Gasteiger partial charge is 0.457 e. The van der Waals surface area contributed by atoms with Crippen molar-refractivity contribution < 1.29 is 13.9 Å². The first kappa shape index (κ1) is 16.4. The van der Waals surface area contributed by atoms with E-state index in [4.69, 9.17) is 4.74 Å². The first-order chi connectivity index (χ1) is 10.2. The zero-order chi connectivity index (χ0) is 16.3. The van der Waals surface area contributed by atoms with Gasteiger partial charge in [-0.25, -0.2) is 13.9 Å². The lowest BCUT2D eigenvalue weighted by molar-refractivity contribution is -0.148. The molecule has 0 aliphatic heterocycles. The molecule has 0 atom stereocenters. The van der Waals surface area contributed by atoms with Crippen LogP contribution in [0.1, 0.15) is 26.3 Å². The topological polar surface area (TPSA) is 44.1 Å². The number of esters is 1. The Morgan fingerprint density at radius 1 is 1.41 bits per heavy atom. The lowest BCUT2D eigenvalue weighted by Gasteiger charge is -2.17. The predicted octanol–water partition coefficient (Wildman–Crippen LogP) is 4.13. The van der Waals surface area contributed by atoms with Crippen LogP contribution in [-0.4, -0.2) is 21.4 Å². The fourth-order valence-electron chi connectivity index (χ4n) is 1.75. The average molecular weight is 367 g/mol. The van der Waals surface area contributed by atoms with Crippen molar-refractivity contribution in [2.45, 2.75) is 26.4 Å². The Labute approximate surface area is 136 Å². The Bertz CT molecular complexity index is 717. The van der Waals surface area contributed by atoms with Crippen LogP contribution >= 0.6 is 15.9 Å². The highest BCUT2D eigenvalue weighted by Gasteiger charge is 2.14. The number of hydrogen-bond donors (Lipinski definition) is 0. The van der Waals surface area contributed by atoms with E-state index in [-0.39, 0.29) is 0 Å². The molecule has 2 aromatic rings. The number of carbonyl (C=O) groups excluding carboxylic acids is 1. The average Bonchev–Trinajstić information content (AvgIpc) is 2.81. The highest BCUT2D eigenvalue weighted by molar-refractivity contribution is 9.10. The summed E-state index contributed by atoms with van der Waals surface area (Å²) in [6.45, 7) is 5.36. The minimum Gasteiger partial charge on any atom is -0.457 e. The van der Waals surface area contributed by atoms with Gasteiger partial charge in [0.25, 0.3) is 0 Å². The molecule has 0 radical (unpaired) electrons. The number of benzene rings is 1. The van der Waals surface area contributed by atoms with E-state index in [1.807, 2.05) is 0 Å². The van der Waals surface area contributed by atoms with Crippen molar-refractivity contribution in [2.75, 3.05) is 0 Å². The first-order valence-electron chi connectivity index (χ1n) is 6.66. The van der Waals surface area contributed by atoms with Gasteiger partial charge >= 0.3 is 5.97 Å². The lowest BCUT2D eigenvalue weighted by Crippen LogP contribution is -2.22. The minimum absolute atomic E-state index is 0.333. The van der Waals surface area contributed by atoms with Crippen molar-refractivity contribution in [1.29, 1.82) is 0 Å². The normalized spacial score (nSPS) is 11.9. The maximum atomic E-state index is 14.1. The molecule has 0 saturated carbocycles. The molecule has 22 heavy (non-hydrogen) atoms. The van der Waals surface area contributed by atoms with Gasteiger partial charge in [0.15, 0.2) is 0 Å². The third kappa shape index (κ3) is 4.53. The number of carbonyl (C=O) groups is 1. The molecule has 0 N–H and O–H groups in total. The standard InChI is InChI=1S/C16H16BrFN2O2/c1-16(2,3)22-15(21)7-5-11-4-6-14(13(18)8-11)20-10-12(17)9-19-20/h4-10H,1-3H3/b7-5+. The van der Waals surface area contributed by atoms with Crippen molar-refractivity contribution in [2.24, 2.45) is 0 Å². The number of aromatic nitrogens is 2. The Morgan fingerprint density at radius 3 is 2.68 bits per heavy atom. The molecule has 0 unspecified atom stereocenters. The van der Waals surface area contributed by atoms with Crippen LogP contribution in [0, 0.1) is 5.82 Å². The summed E-state index contributed by atoms with van der Waals surface area (Å²) in [4.78, 5) is 11.6. The van der Waals surface area contributed by atoms with Crippen molar-refractivity contribution in [3.8, 4) is 5.69 Å². The van der Waals surface area contributed by atoms with E-state index in [0.717, 1.165) is 4.47 Å². The second-order valence-corrected chi connectivity index (χ2v) is 6.60. The summed E-state index contributed by atoms with van der Waals surface area (Å²) < 4.78 is 21.5. The highest BCUT2D eigenvalue weighted by Crippen LogP contribution is 2.18. The summed E-state index contributed by atoms with van der Waals surface area (Å²) in [5.74, 6) is -0.894. The van der Waals surface area contributed by atoms with Crippen LogP contribution in [0.5, 0.6) is 0 Å². The van der Waals surface area contributed by atoms with Crippen molar-refractivity contribution >= 4 is 28.0 Å². The molecule has 0 saturated heterocycles. The van der Waals surface area contributed by atoms with Crippen LogP contribution in [0.2, 0.25) is 0 Å². The van der Waals surface area contributed by atoms with Gasteiger partial charge in [-0.1, -0.05) is 6.07 Å². The molecule has 1 aromatic carbocycles. The van der Waals surface area contributed by atoms with Crippen LogP contribution in [0.25, 0.3) is 11.8 Å². The molecule has 0 amide bonds. The number of halogens is 2. The van der Waals surface area contributed by atoms with E-state index in [9.17, 15) is 9.18 Å². The summed E-state index contributed by atoms with van der Waals surface area (Å²) in [7, 11) is 0. The van der Waals surface area contributed by atoms with Gasteiger partial charge in [0.05, 0.1) is 10.7 Å². The Balaban J connectivity index is 2.14. The minimum atomic E-state index is -0.552. The van der Waals surface area contributed by atoms with Crippen molar-refractivity contribution in [1.82, 2.24) is 9.78 Å². The molecule has 0 aliphatic carbocycles. The molecule has 6 heteroatoms. The van der Waals surface area contributed by atoms with E-state index in [1.165, 1.54) is 22.9 Å². The molecule has 0 fully saturated rings. The smallest absolute Gasteiger partial charge is 0.331 e. The molecule has 2 rings (SSSR count). The zero-order valence-corrected chi connectivity index (χ0v) is 14.1. The van der Waals surface area contributed by atoms with Crippen LogP contribution < -0.4 is 0 Å². The van der Waals surface area contributed by atoms with Gasteiger partial charge in [-0.15, -0.1) is 0 Å². The number of hydrogen-bond acceptors (Lipinski definition) is 3. The van der Waals surface area contributed by atoms with E-state index in [0.29, 0.717) is 11.3 Å².